The van der Waals surface area contributed by atoms with Gasteiger partial charge in [-0.2, -0.15) is 0 Å². The number of rotatable bonds is 14. The second kappa shape index (κ2) is 17.7. The Kier molecular flexibility index (Phi) is 11.2. The van der Waals surface area contributed by atoms with Gasteiger partial charge in [0.25, 0.3) is 0 Å². The number of aromatic nitrogens is 2. The van der Waals surface area contributed by atoms with Gasteiger partial charge >= 0.3 is 0 Å². The first-order valence-electron chi connectivity index (χ1n) is 24.2. The maximum Gasteiger partial charge on any atom is 0.180 e. The van der Waals surface area contributed by atoms with E-state index in [0.29, 0.717) is 0 Å². The molecule has 318 valence electrons. The fraction of sp³-hybridized carbons (Fsp3) is 0.194. The molecule has 0 bridgehead atoms. The van der Waals surface area contributed by atoms with Crippen molar-refractivity contribution < 1.29 is 0 Å². The third-order valence-corrected chi connectivity index (χ3v) is 19.2. The van der Waals surface area contributed by atoms with Gasteiger partial charge in [0.05, 0.1) is 11.2 Å². The van der Waals surface area contributed by atoms with E-state index in [1.807, 2.05) is 0 Å². The van der Waals surface area contributed by atoms with Crippen molar-refractivity contribution in [1.29, 1.82) is 0 Å². The molecule has 65 heavy (non-hydrogen) atoms. The molecule has 0 saturated carbocycles. The zero-order valence-electron chi connectivity index (χ0n) is 37.8. The van der Waals surface area contributed by atoms with Crippen molar-refractivity contribution in [3.63, 3.8) is 0 Å². The second-order valence-electron chi connectivity index (χ2n) is 18.3. The van der Waals surface area contributed by atoms with Gasteiger partial charge in [0, 0.05) is 16.5 Å². The summed E-state index contributed by atoms with van der Waals surface area (Å²) >= 11 is 0. The van der Waals surface area contributed by atoms with E-state index in [1.54, 1.807) is 0 Å². The third-order valence-electron chi connectivity index (χ3n) is 14.3. The summed E-state index contributed by atoms with van der Waals surface area (Å²) in [7, 11) is -2.78. The van der Waals surface area contributed by atoms with Crippen LogP contribution in [0.3, 0.4) is 0 Å². The summed E-state index contributed by atoms with van der Waals surface area (Å²) in [5.41, 5.74) is 9.67. The molecule has 10 aromatic rings. The van der Waals surface area contributed by atoms with Crippen molar-refractivity contribution in [2.24, 2.45) is 0 Å². The SMILES string of the molecule is CCCCCCc1ccc([Si]2(c3ccc(CCCCCC)cc3)c3ccccc3-c3cc4c5ccccc5c5cc(-c6nc(-c7ccccc7)c7ccccc7n6)ccc5c4cc32)cc1. The van der Waals surface area contributed by atoms with Crippen molar-refractivity contribution in [1.82, 2.24) is 9.97 Å². The van der Waals surface area contributed by atoms with E-state index in [0.717, 1.165) is 46.4 Å². The van der Waals surface area contributed by atoms with Crippen LogP contribution in [0.4, 0.5) is 0 Å². The number of fused-ring (bicyclic) bond motifs is 10. The van der Waals surface area contributed by atoms with E-state index in [2.05, 4.69) is 196 Å². The lowest BCUT2D eigenvalue weighted by atomic mass is 9.91. The van der Waals surface area contributed by atoms with Crippen LogP contribution < -0.4 is 20.7 Å². The Hall–Kier alpha value is -6.68. The predicted molar refractivity (Wildman–Crippen MR) is 281 cm³/mol. The predicted octanol–water partition coefficient (Wildman–Crippen LogP) is 14.0. The quantitative estimate of drug-likeness (QED) is 0.0619. The first-order valence-corrected chi connectivity index (χ1v) is 26.2. The van der Waals surface area contributed by atoms with E-state index in [4.69, 9.17) is 9.97 Å². The summed E-state index contributed by atoms with van der Waals surface area (Å²) in [6, 6.07) is 69.2. The Balaban J connectivity index is 1.13. The highest BCUT2D eigenvalue weighted by Crippen LogP contribution is 2.41. The molecule has 0 fully saturated rings. The van der Waals surface area contributed by atoms with Crippen molar-refractivity contribution in [3.05, 3.63) is 193 Å². The van der Waals surface area contributed by atoms with Gasteiger partial charge in [0.1, 0.15) is 0 Å². The van der Waals surface area contributed by atoms with Gasteiger partial charge in [-0.1, -0.05) is 216 Å². The number of para-hydroxylation sites is 1. The van der Waals surface area contributed by atoms with Crippen LogP contribution in [0, 0.1) is 0 Å². The molecule has 0 amide bonds. The van der Waals surface area contributed by atoms with Gasteiger partial charge in [0.2, 0.25) is 0 Å². The summed E-state index contributed by atoms with van der Waals surface area (Å²) in [5, 5.41) is 14.6. The molecule has 2 heterocycles. The molecule has 1 aliphatic heterocycles. The van der Waals surface area contributed by atoms with Gasteiger partial charge in [-0.15, -0.1) is 0 Å². The smallest absolute Gasteiger partial charge is 0.180 e. The summed E-state index contributed by atoms with van der Waals surface area (Å²) in [6.07, 6.45) is 12.5. The number of aryl methyl sites for hydroxylation is 2. The zero-order chi connectivity index (χ0) is 43.7. The highest BCUT2D eigenvalue weighted by Gasteiger charge is 2.49. The van der Waals surface area contributed by atoms with E-state index in [9.17, 15) is 0 Å². The minimum absolute atomic E-state index is 0.743. The van der Waals surface area contributed by atoms with Gasteiger partial charge in [0.15, 0.2) is 13.9 Å². The first-order chi connectivity index (χ1) is 32.1. The minimum atomic E-state index is -2.78. The van der Waals surface area contributed by atoms with E-state index < -0.39 is 8.07 Å². The standard InChI is InChI=1S/C62H56N2Si/c1-3-5-7-10-20-43-30-35-47(36-31-43)65(48-37-32-44(33-38-48)21-11-8-6-4-2)59-29-19-17-26-52(59)57-41-55-50-25-15-14-24-49(50)54-40-46(34-39-51(54)56(55)42-60(57)65)62-63-58-28-18-16-27-53(58)61(64-62)45-22-12-9-13-23-45/h9,12-19,22-42H,3-8,10-11,20-21H2,1-2H3. The molecule has 9 aromatic carbocycles. The molecule has 2 nitrogen and oxygen atoms in total. The average molecular weight is 857 g/mol. The molecule has 11 rings (SSSR count). The Morgan fingerprint density at radius 1 is 0.369 bits per heavy atom. The molecule has 0 saturated heterocycles. The van der Waals surface area contributed by atoms with Crippen LogP contribution in [-0.4, -0.2) is 18.0 Å². The highest BCUT2D eigenvalue weighted by atomic mass is 28.3. The molecule has 1 aromatic heterocycles. The summed E-state index contributed by atoms with van der Waals surface area (Å²) < 4.78 is 0. The number of hydrogen-bond donors (Lipinski definition) is 0. The van der Waals surface area contributed by atoms with E-state index >= 15 is 0 Å². The van der Waals surface area contributed by atoms with Gasteiger partial charge in [-0.25, -0.2) is 9.97 Å². The number of nitrogens with zero attached hydrogens (tertiary/aromatic N) is 2. The van der Waals surface area contributed by atoms with Crippen LogP contribution in [-0.2, 0) is 12.8 Å². The van der Waals surface area contributed by atoms with Crippen molar-refractivity contribution in [3.8, 4) is 33.8 Å². The largest absolute Gasteiger partial charge is 0.228 e. The van der Waals surface area contributed by atoms with E-state index in [1.165, 1.54) is 127 Å². The molecular formula is C62H56N2Si. The van der Waals surface area contributed by atoms with Crippen molar-refractivity contribution in [2.45, 2.75) is 78.1 Å². The molecular weight excluding hydrogens is 801 g/mol. The normalized spacial score (nSPS) is 12.9. The Morgan fingerprint density at radius 3 is 1.58 bits per heavy atom. The number of hydrogen-bond acceptors (Lipinski definition) is 2. The Morgan fingerprint density at radius 2 is 0.923 bits per heavy atom. The second-order valence-corrected chi connectivity index (χ2v) is 22.1. The highest BCUT2D eigenvalue weighted by molar-refractivity contribution is 7.22. The minimum Gasteiger partial charge on any atom is -0.228 e. The topological polar surface area (TPSA) is 25.8 Å². The van der Waals surface area contributed by atoms with Crippen molar-refractivity contribution in [2.75, 3.05) is 0 Å². The average Bonchev–Trinajstić information content (AvgIpc) is 3.66. The Bertz CT molecular complexity index is 3280. The molecule has 0 N–H and O–H groups in total. The zero-order valence-corrected chi connectivity index (χ0v) is 38.8. The lowest BCUT2D eigenvalue weighted by Gasteiger charge is -2.32. The fourth-order valence-electron chi connectivity index (χ4n) is 11.0. The third kappa shape index (κ3) is 7.27. The maximum atomic E-state index is 5.30. The summed E-state index contributed by atoms with van der Waals surface area (Å²) in [5.74, 6) is 0.743. The fourth-order valence-corrected chi connectivity index (χ4v) is 16.2. The molecule has 0 aliphatic carbocycles. The van der Waals surface area contributed by atoms with Gasteiger partial charge in [-0.3, -0.25) is 0 Å². The number of benzene rings is 9. The molecule has 1 aliphatic rings. The van der Waals surface area contributed by atoms with Crippen LogP contribution in [0.25, 0.3) is 77.0 Å². The lowest BCUT2D eigenvalue weighted by molar-refractivity contribution is 0.667. The molecule has 3 heteroatoms. The molecule has 0 atom stereocenters. The molecule has 0 unspecified atom stereocenters. The molecule has 0 radical (unpaired) electrons. The van der Waals surface area contributed by atoms with Crippen LogP contribution in [0.2, 0.25) is 0 Å². The monoisotopic (exact) mass is 856 g/mol. The van der Waals surface area contributed by atoms with Crippen LogP contribution in [0.1, 0.15) is 76.3 Å². The van der Waals surface area contributed by atoms with Crippen LogP contribution in [0.15, 0.2) is 182 Å². The number of unbranched alkanes of at least 4 members (excludes halogenated alkanes) is 6. The maximum absolute atomic E-state index is 5.30. The first kappa shape index (κ1) is 41.0. The summed E-state index contributed by atoms with van der Waals surface area (Å²) in [4.78, 5) is 10.5. The Labute approximate surface area is 385 Å². The summed E-state index contributed by atoms with van der Waals surface area (Å²) in [6.45, 7) is 4.59. The van der Waals surface area contributed by atoms with Gasteiger partial charge < -0.3 is 0 Å². The lowest BCUT2D eigenvalue weighted by Crippen LogP contribution is -2.72. The van der Waals surface area contributed by atoms with Crippen LogP contribution >= 0.6 is 0 Å². The molecule has 0 spiro atoms. The van der Waals surface area contributed by atoms with Gasteiger partial charge in [-0.05, 0) is 119 Å². The van der Waals surface area contributed by atoms with Crippen LogP contribution in [0.5, 0.6) is 0 Å². The van der Waals surface area contributed by atoms with Crippen molar-refractivity contribution >= 4 is 72.0 Å². The van der Waals surface area contributed by atoms with E-state index in [-0.39, 0.29) is 0 Å².